The fraction of sp³-hybridized carbons (Fsp3) is 0.278. The second-order valence-electron chi connectivity index (χ2n) is 6.30. The quantitative estimate of drug-likeness (QED) is 0.611. The number of nitrogens with zero attached hydrogens (tertiary/aromatic N) is 4. The molecule has 25 heavy (non-hydrogen) atoms. The molecule has 0 saturated heterocycles. The van der Waals surface area contributed by atoms with E-state index in [1.165, 1.54) is 5.56 Å². The van der Waals surface area contributed by atoms with Crippen LogP contribution in [0, 0.1) is 5.92 Å². The molecule has 7 nitrogen and oxygen atoms in total. The predicted octanol–water partition coefficient (Wildman–Crippen LogP) is 2.29. The van der Waals surface area contributed by atoms with E-state index in [0.29, 0.717) is 24.3 Å². The van der Waals surface area contributed by atoms with Crippen molar-refractivity contribution in [1.29, 1.82) is 0 Å². The summed E-state index contributed by atoms with van der Waals surface area (Å²) >= 11 is 0. The van der Waals surface area contributed by atoms with Gasteiger partial charge >= 0.3 is 6.01 Å². The lowest BCUT2D eigenvalue weighted by Gasteiger charge is -2.11. The van der Waals surface area contributed by atoms with Gasteiger partial charge < -0.3 is 15.6 Å². The van der Waals surface area contributed by atoms with Gasteiger partial charge in [-0.05, 0) is 17.5 Å². The van der Waals surface area contributed by atoms with Gasteiger partial charge in [0.05, 0.1) is 13.2 Å². The van der Waals surface area contributed by atoms with E-state index in [9.17, 15) is 5.11 Å². The van der Waals surface area contributed by atoms with E-state index in [1.807, 2.05) is 12.1 Å². The van der Waals surface area contributed by atoms with Crippen LogP contribution in [0.3, 0.4) is 0 Å². The first-order valence-electron chi connectivity index (χ1n) is 8.20. The normalized spacial score (nSPS) is 18.7. The fourth-order valence-electron chi connectivity index (χ4n) is 2.94. The highest BCUT2D eigenvalue weighted by atomic mass is 16.5. The van der Waals surface area contributed by atoms with Gasteiger partial charge in [-0.25, -0.2) is 0 Å². The van der Waals surface area contributed by atoms with Gasteiger partial charge in [0.25, 0.3) is 6.01 Å². The number of aromatic nitrogens is 4. The van der Waals surface area contributed by atoms with Gasteiger partial charge in [0, 0.05) is 5.92 Å². The average Bonchev–Trinajstić information content (AvgIpc) is 2.90. The molecule has 4 rings (SSSR count). The van der Waals surface area contributed by atoms with Crippen LogP contribution in [0.4, 0.5) is 5.82 Å². The Kier molecular flexibility index (Phi) is 3.76. The molecule has 1 aliphatic rings. The number of hydrogen-bond donors (Lipinski definition) is 2. The van der Waals surface area contributed by atoms with Gasteiger partial charge in [0.15, 0.2) is 17.0 Å². The van der Waals surface area contributed by atoms with E-state index < -0.39 is 0 Å². The molecular formula is C18H19N5O2. The van der Waals surface area contributed by atoms with Crippen LogP contribution >= 0.6 is 0 Å². The Hall–Kier alpha value is -3.09. The lowest BCUT2D eigenvalue weighted by atomic mass is 10.1. The molecule has 3 heterocycles. The molecule has 128 valence electrons. The summed E-state index contributed by atoms with van der Waals surface area (Å²) in [6, 6.07) is 8.28. The average molecular weight is 337 g/mol. The van der Waals surface area contributed by atoms with Crippen molar-refractivity contribution < 1.29 is 9.84 Å². The highest BCUT2D eigenvalue weighted by Crippen LogP contribution is 2.26. The number of anilines is 1. The molecule has 3 N–H and O–H groups in total. The summed E-state index contributed by atoms with van der Waals surface area (Å²) in [7, 11) is 0. The molecule has 1 aliphatic heterocycles. The smallest absolute Gasteiger partial charge is 0.320 e. The predicted molar refractivity (Wildman–Crippen MR) is 94.4 cm³/mol. The minimum absolute atomic E-state index is 0.140. The SMILES string of the molecule is C[C@@H]1/C=C/Cc2cccc(c2)Cn2c(O)nc3c(N)nc(nc32)OC1. The zero-order chi connectivity index (χ0) is 17.4. The maximum atomic E-state index is 10.2. The van der Waals surface area contributed by atoms with Crippen LogP contribution < -0.4 is 10.5 Å². The van der Waals surface area contributed by atoms with E-state index >= 15 is 0 Å². The first kappa shape index (κ1) is 15.4. The largest absolute Gasteiger partial charge is 0.480 e. The second kappa shape index (κ2) is 6.08. The summed E-state index contributed by atoms with van der Waals surface area (Å²) in [5.41, 5.74) is 9.07. The number of nitrogen functional groups attached to an aromatic ring is 1. The first-order valence-corrected chi connectivity index (χ1v) is 8.20. The molecule has 3 aromatic rings. The highest BCUT2D eigenvalue weighted by Gasteiger charge is 2.17. The lowest BCUT2D eigenvalue weighted by molar-refractivity contribution is 0.264. The van der Waals surface area contributed by atoms with Gasteiger partial charge in [0.2, 0.25) is 0 Å². The van der Waals surface area contributed by atoms with Crippen LogP contribution in [-0.2, 0) is 13.0 Å². The van der Waals surface area contributed by atoms with Crippen LogP contribution in [0.2, 0.25) is 0 Å². The van der Waals surface area contributed by atoms with Crippen molar-refractivity contribution >= 4 is 17.0 Å². The Morgan fingerprint density at radius 2 is 2.08 bits per heavy atom. The number of nitrogens with two attached hydrogens (primary N) is 1. The third kappa shape index (κ3) is 3.00. The molecule has 0 spiro atoms. The summed E-state index contributed by atoms with van der Waals surface area (Å²) in [5, 5.41) is 10.2. The Labute approximate surface area is 144 Å². The van der Waals surface area contributed by atoms with Gasteiger partial charge in [-0.3, -0.25) is 4.57 Å². The monoisotopic (exact) mass is 337 g/mol. The molecule has 7 heteroatoms. The van der Waals surface area contributed by atoms with E-state index in [4.69, 9.17) is 10.5 Å². The summed E-state index contributed by atoms with van der Waals surface area (Å²) in [6.07, 6.45) is 5.10. The Morgan fingerprint density at radius 1 is 1.24 bits per heavy atom. The van der Waals surface area contributed by atoms with E-state index in [1.54, 1.807) is 4.57 Å². The molecule has 2 aromatic heterocycles. The Morgan fingerprint density at radius 3 is 2.96 bits per heavy atom. The highest BCUT2D eigenvalue weighted by molar-refractivity contribution is 5.83. The second-order valence-corrected chi connectivity index (χ2v) is 6.30. The number of rotatable bonds is 0. The van der Waals surface area contributed by atoms with Crippen molar-refractivity contribution in [1.82, 2.24) is 19.5 Å². The van der Waals surface area contributed by atoms with Crippen LogP contribution in [0.15, 0.2) is 36.4 Å². The van der Waals surface area contributed by atoms with Crippen LogP contribution in [0.5, 0.6) is 12.0 Å². The standard InChI is InChI=1S/C18H19N5O2/c1-11-4-2-5-12-6-3-7-13(8-12)9-23-16-14(20-18(23)24)15(19)21-17(22-16)25-10-11/h2-4,6-8,11H,5,9-10H2,1H3,(H,20,24)(H2,19,21,22)/b4-2+/t11-/m1/s1. The van der Waals surface area contributed by atoms with E-state index in [0.717, 1.165) is 12.0 Å². The lowest BCUT2D eigenvalue weighted by Crippen LogP contribution is -2.10. The van der Waals surface area contributed by atoms with Gasteiger partial charge in [0.1, 0.15) is 0 Å². The molecule has 0 radical (unpaired) electrons. The maximum absolute atomic E-state index is 10.2. The number of benzene rings is 1. The van der Waals surface area contributed by atoms with Crippen LogP contribution in [0.25, 0.3) is 11.2 Å². The van der Waals surface area contributed by atoms with Crippen molar-refractivity contribution in [2.24, 2.45) is 5.92 Å². The summed E-state index contributed by atoms with van der Waals surface area (Å²) in [4.78, 5) is 12.6. The molecule has 1 atom stereocenters. The van der Waals surface area contributed by atoms with Gasteiger partial charge in [-0.15, -0.1) is 0 Å². The number of allylic oxidation sites excluding steroid dienone is 1. The molecule has 0 fully saturated rings. The van der Waals surface area contributed by atoms with Crippen molar-refractivity contribution in [3.63, 3.8) is 0 Å². The van der Waals surface area contributed by atoms with Crippen LogP contribution in [-0.4, -0.2) is 31.2 Å². The number of fused-ring (bicyclic) bond motifs is 3. The minimum Gasteiger partial charge on any atom is -0.480 e. The van der Waals surface area contributed by atoms with Gasteiger partial charge in [-0.1, -0.05) is 43.3 Å². The summed E-state index contributed by atoms with van der Waals surface area (Å²) in [5.74, 6) is 0.406. The maximum Gasteiger partial charge on any atom is 0.320 e. The molecule has 4 bridgehead atoms. The third-order valence-corrected chi connectivity index (χ3v) is 4.21. The van der Waals surface area contributed by atoms with Gasteiger partial charge in [-0.2, -0.15) is 15.0 Å². The molecule has 0 unspecified atom stereocenters. The topological polar surface area (TPSA) is 99.1 Å². The Balaban J connectivity index is 1.88. The van der Waals surface area contributed by atoms with Crippen molar-refractivity contribution in [2.75, 3.05) is 12.3 Å². The Bertz CT molecular complexity index is 963. The molecular weight excluding hydrogens is 318 g/mol. The zero-order valence-electron chi connectivity index (χ0n) is 13.9. The zero-order valence-corrected chi connectivity index (χ0v) is 13.9. The first-order chi connectivity index (χ1) is 12.1. The molecule has 0 amide bonds. The van der Waals surface area contributed by atoms with Crippen LogP contribution in [0.1, 0.15) is 18.1 Å². The fourth-order valence-corrected chi connectivity index (χ4v) is 2.94. The van der Waals surface area contributed by atoms with Crippen molar-refractivity contribution in [2.45, 2.75) is 19.9 Å². The molecule has 1 aromatic carbocycles. The summed E-state index contributed by atoms with van der Waals surface area (Å²) in [6.45, 7) is 2.95. The van der Waals surface area contributed by atoms with Crippen molar-refractivity contribution in [3.8, 4) is 12.0 Å². The molecule has 0 saturated carbocycles. The summed E-state index contributed by atoms with van der Waals surface area (Å²) < 4.78 is 7.30. The minimum atomic E-state index is -0.140. The number of ether oxygens (including phenoxy) is 1. The number of aromatic hydroxyl groups is 1. The third-order valence-electron chi connectivity index (χ3n) is 4.21. The number of hydrogen-bond acceptors (Lipinski definition) is 6. The number of imidazole rings is 1. The van der Waals surface area contributed by atoms with Crippen molar-refractivity contribution in [3.05, 3.63) is 47.5 Å². The van der Waals surface area contributed by atoms with E-state index in [-0.39, 0.29) is 23.8 Å². The van der Waals surface area contributed by atoms with E-state index in [2.05, 4.69) is 46.2 Å². The molecule has 0 aliphatic carbocycles.